The van der Waals surface area contributed by atoms with Crippen molar-refractivity contribution in [3.63, 3.8) is 0 Å². The topological polar surface area (TPSA) is 160 Å². The average molecular weight is 652 g/mol. The van der Waals surface area contributed by atoms with Crippen LogP contribution in [0.2, 0.25) is 0 Å². The lowest BCUT2D eigenvalue weighted by atomic mass is 10.2. The van der Waals surface area contributed by atoms with Crippen LogP contribution in [0.5, 0.6) is 0 Å². The Morgan fingerprint density at radius 3 is 2.14 bits per heavy atom. The van der Waals surface area contributed by atoms with Gasteiger partial charge in [0.05, 0.1) is 22.0 Å². The van der Waals surface area contributed by atoms with Gasteiger partial charge in [-0.25, -0.2) is 26.3 Å². The van der Waals surface area contributed by atoms with E-state index in [1.807, 2.05) is 0 Å². The second-order valence-electron chi connectivity index (χ2n) is 10.4. The van der Waals surface area contributed by atoms with Crippen molar-refractivity contribution in [2.45, 2.75) is 48.1 Å². The van der Waals surface area contributed by atoms with Crippen LogP contribution in [0.15, 0.2) is 92.0 Å². The molecule has 1 aliphatic heterocycles. The Morgan fingerprint density at radius 1 is 0.953 bits per heavy atom. The molecule has 230 valence electrons. The monoisotopic (exact) mass is 651 g/mol. The van der Waals surface area contributed by atoms with Crippen molar-refractivity contribution in [3.8, 4) is 0 Å². The molecule has 11 nitrogen and oxygen atoms in total. The molecule has 1 atom stereocenters. The first-order chi connectivity index (χ1) is 20.3. The zero-order valence-corrected chi connectivity index (χ0v) is 25.5. The smallest absolute Gasteiger partial charge is 0.264 e. The van der Waals surface area contributed by atoms with Crippen LogP contribution in [0.3, 0.4) is 0 Å². The quantitative estimate of drug-likeness (QED) is 0.274. The largest absolute Gasteiger partial charge is 0.302 e. The second kappa shape index (κ2) is 12.6. The second-order valence-corrected chi connectivity index (χ2v) is 16.0. The summed E-state index contributed by atoms with van der Waals surface area (Å²) in [6.45, 7) is 0.108. The highest BCUT2D eigenvalue weighted by Crippen LogP contribution is 2.30. The van der Waals surface area contributed by atoms with E-state index in [1.54, 1.807) is 0 Å². The van der Waals surface area contributed by atoms with E-state index in [2.05, 4.69) is 9.36 Å². The minimum absolute atomic E-state index is 0.0782. The molecule has 0 spiro atoms. The van der Waals surface area contributed by atoms with E-state index in [0.29, 0.717) is 18.7 Å². The fraction of sp³-hybridized carbons (Fsp3) is 0.321. The zero-order chi connectivity index (χ0) is 30.8. The molecule has 2 aliphatic carbocycles. The highest BCUT2D eigenvalue weighted by molar-refractivity contribution is 7.95. The number of nitrogens with zero attached hydrogens (tertiary/aromatic N) is 4. The van der Waals surface area contributed by atoms with Crippen molar-refractivity contribution in [1.82, 2.24) is 8.61 Å². The summed E-state index contributed by atoms with van der Waals surface area (Å²) in [7, 11) is -11.1. The Labute approximate surface area is 251 Å². The van der Waals surface area contributed by atoms with Crippen LogP contribution >= 0.6 is 0 Å². The maximum atomic E-state index is 13.7. The first kappa shape index (κ1) is 31.5. The van der Waals surface area contributed by atoms with Gasteiger partial charge in [0.15, 0.2) is 9.99 Å². The average Bonchev–Trinajstić information content (AvgIpc) is 3.58. The molecule has 5 rings (SSSR count). The van der Waals surface area contributed by atoms with Gasteiger partial charge in [-0.05, 0) is 91.9 Å². The minimum Gasteiger partial charge on any atom is -0.302 e. The first-order valence-corrected chi connectivity index (χ1v) is 18.0. The third-order valence-corrected chi connectivity index (χ3v) is 12.3. The van der Waals surface area contributed by atoms with E-state index in [4.69, 9.17) is 0 Å². The molecule has 1 saturated carbocycles. The normalized spacial score (nSPS) is 19.1. The Kier molecular flexibility index (Phi) is 9.25. The number of amides is 1. The van der Waals surface area contributed by atoms with E-state index >= 15 is 0 Å². The highest BCUT2D eigenvalue weighted by atomic mass is 32.3. The highest BCUT2D eigenvalue weighted by Gasteiger charge is 2.33. The number of hydrogen-bond donors (Lipinski definition) is 3. The SMILES string of the molecule is O=C(CN(Cc1ccc(F)cc1)S(=O)(=O)c1ccc([S+](O)(O)=NC2CC2)cc1)N=C1C=CC(=S(=O)(O)N2CCCC2)C=C1. The Hall–Kier alpha value is -2.89. The van der Waals surface area contributed by atoms with Crippen LogP contribution in [0.4, 0.5) is 4.39 Å². The molecule has 0 bridgehead atoms. The maximum absolute atomic E-state index is 13.7. The fourth-order valence-electron chi connectivity index (χ4n) is 4.52. The van der Waals surface area contributed by atoms with Gasteiger partial charge in [0.2, 0.25) is 14.9 Å². The number of aliphatic imine (C=N–C) groups is 1. The molecule has 2 aromatic rings. The maximum Gasteiger partial charge on any atom is 0.264 e. The van der Waals surface area contributed by atoms with Crippen LogP contribution in [0.25, 0.3) is 0 Å². The van der Waals surface area contributed by atoms with E-state index < -0.39 is 48.7 Å². The lowest BCUT2D eigenvalue weighted by Gasteiger charge is -2.21. The predicted octanol–water partition coefficient (Wildman–Crippen LogP) is 3.86. The van der Waals surface area contributed by atoms with Gasteiger partial charge < -0.3 is 4.55 Å². The van der Waals surface area contributed by atoms with E-state index in [1.165, 1.54) is 77.1 Å². The molecule has 3 N–H and O–H groups in total. The molecule has 15 heteroatoms. The minimum atomic E-state index is -4.31. The lowest BCUT2D eigenvalue weighted by Crippen LogP contribution is -2.35. The Bertz CT molecular complexity index is 1740. The summed E-state index contributed by atoms with van der Waals surface area (Å²) in [5.41, 5.74) is 0.606. The van der Waals surface area contributed by atoms with Gasteiger partial charge in [0, 0.05) is 19.6 Å². The lowest BCUT2D eigenvalue weighted by molar-refractivity contribution is -0.118. The Balaban J connectivity index is 1.38. The molecule has 3 aliphatic rings. The predicted molar refractivity (Wildman–Crippen MR) is 164 cm³/mol. The van der Waals surface area contributed by atoms with Crippen LogP contribution in [0, 0.1) is 5.82 Å². The summed E-state index contributed by atoms with van der Waals surface area (Å²) in [5.74, 6) is -1.30. The summed E-state index contributed by atoms with van der Waals surface area (Å²) < 4.78 is 91.5. The zero-order valence-electron chi connectivity index (χ0n) is 23.0. The third-order valence-electron chi connectivity index (χ3n) is 7.02. The van der Waals surface area contributed by atoms with Crippen LogP contribution in [-0.2, 0) is 41.7 Å². The number of carbonyl (C=O) groups excluding carboxylic acids is 1. The molecule has 0 aromatic heterocycles. The van der Waals surface area contributed by atoms with Crippen molar-refractivity contribution >= 4 is 46.9 Å². The van der Waals surface area contributed by atoms with E-state index in [0.717, 1.165) is 30.0 Å². The summed E-state index contributed by atoms with van der Waals surface area (Å²) >= 11 is 0. The first-order valence-electron chi connectivity index (χ1n) is 13.6. The number of hydrogen-bond acceptors (Lipinski definition) is 5. The summed E-state index contributed by atoms with van der Waals surface area (Å²) in [6, 6.07) is 10.0. The molecule has 1 heterocycles. The van der Waals surface area contributed by atoms with Gasteiger partial charge >= 0.3 is 0 Å². The van der Waals surface area contributed by atoms with Gasteiger partial charge in [-0.15, -0.1) is 0 Å². The molecular formula is C28H32FN4O7S3+. The number of halogens is 1. The molecule has 0 radical (unpaired) electrons. The van der Waals surface area contributed by atoms with Gasteiger partial charge in [0.25, 0.3) is 16.3 Å². The fourth-order valence-corrected chi connectivity index (χ4v) is 8.69. The van der Waals surface area contributed by atoms with Crippen LogP contribution < -0.4 is 0 Å². The van der Waals surface area contributed by atoms with Crippen molar-refractivity contribution in [3.05, 3.63) is 84.2 Å². The molecule has 43 heavy (non-hydrogen) atoms. The number of carbonyl (C=O) groups is 1. The van der Waals surface area contributed by atoms with Crippen LogP contribution in [-0.4, -0.2) is 77.1 Å². The number of benzene rings is 2. The van der Waals surface area contributed by atoms with E-state index in [9.17, 15) is 35.5 Å². The third kappa shape index (κ3) is 7.61. The number of sulfonamides is 1. The molecule has 1 saturated heterocycles. The standard InChI is InChI=1S/C28H31FN4O7S3/c29-22-5-3-21(4-6-22)19-33(43(39,40)27-15-13-25(14-16-27)41(35,36)31-24-7-8-24)20-28(34)30-23-9-11-26(12-10-23)42(37,38)32-17-1-2-18-32/h3-6,9-16,24H,1-2,7-8,17-20H2,(H2-,30,31,34,35,36,37,38)/p+1. The van der Waals surface area contributed by atoms with Crippen LogP contribution in [0.1, 0.15) is 31.2 Å². The molecule has 2 fully saturated rings. The summed E-state index contributed by atoms with van der Waals surface area (Å²) in [4.78, 5) is 17.1. The summed E-state index contributed by atoms with van der Waals surface area (Å²) in [5, 5.41) is 0. The molecule has 2 aromatic carbocycles. The van der Waals surface area contributed by atoms with Gasteiger partial charge in [0.1, 0.15) is 11.9 Å². The summed E-state index contributed by atoms with van der Waals surface area (Å²) in [6.07, 6.45) is 8.88. The van der Waals surface area contributed by atoms with Gasteiger partial charge in [-0.2, -0.15) is 13.4 Å². The van der Waals surface area contributed by atoms with Gasteiger partial charge in [-0.3, -0.25) is 4.79 Å². The van der Waals surface area contributed by atoms with E-state index in [-0.39, 0.29) is 33.0 Å². The van der Waals surface area contributed by atoms with Crippen molar-refractivity contribution in [2.75, 3.05) is 19.6 Å². The van der Waals surface area contributed by atoms with Crippen molar-refractivity contribution in [1.29, 1.82) is 0 Å². The van der Waals surface area contributed by atoms with Crippen molar-refractivity contribution in [2.24, 2.45) is 9.36 Å². The molecule has 1 amide bonds. The van der Waals surface area contributed by atoms with Gasteiger partial charge in [-0.1, -0.05) is 16.5 Å². The molecule has 1 unspecified atom stereocenters. The molecular weight excluding hydrogens is 620 g/mol. The number of rotatable bonds is 9. The number of allylic oxidation sites excluding steroid dienone is 4. The Morgan fingerprint density at radius 2 is 1.56 bits per heavy atom. The van der Waals surface area contributed by atoms with Crippen molar-refractivity contribution < 1.29 is 35.5 Å².